The quantitative estimate of drug-likeness (QED) is 0.604. The number of ether oxygens (including phenoxy) is 1. The van der Waals surface area contributed by atoms with Crippen LogP contribution >= 0.6 is 0 Å². The predicted molar refractivity (Wildman–Crippen MR) is 113 cm³/mol. The van der Waals surface area contributed by atoms with Gasteiger partial charge in [0.25, 0.3) is 0 Å². The summed E-state index contributed by atoms with van der Waals surface area (Å²) in [5, 5.41) is 3.11. The molecule has 2 heterocycles. The summed E-state index contributed by atoms with van der Waals surface area (Å²) in [4.78, 5) is 17.6. The Kier molecular flexibility index (Phi) is 6.23. The molecule has 1 amide bonds. The van der Waals surface area contributed by atoms with Gasteiger partial charge in [-0.1, -0.05) is 42.5 Å². The molecule has 1 aliphatic rings. The number of carbonyl (C=O) groups is 1. The maximum atomic E-state index is 13.4. The Balaban J connectivity index is 1.38. The first kappa shape index (κ1) is 20.3. The first-order valence-corrected chi connectivity index (χ1v) is 10.4. The Morgan fingerprint density at radius 3 is 2.57 bits per heavy atom. The molecule has 30 heavy (non-hydrogen) atoms. The summed E-state index contributed by atoms with van der Waals surface area (Å²) < 4.78 is 21.0. The van der Waals surface area contributed by atoms with E-state index in [1.807, 2.05) is 36.5 Å². The van der Waals surface area contributed by atoms with Crippen molar-refractivity contribution in [2.24, 2.45) is 0 Å². The van der Waals surface area contributed by atoms with Gasteiger partial charge in [0.05, 0.1) is 5.41 Å². The van der Waals surface area contributed by atoms with E-state index in [0.29, 0.717) is 32.6 Å². The minimum atomic E-state index is -0.657. The number of halogens is 1. The molecule has 3 aromatic rings. The SMILES string of the molecule is O=C(NCCCn1ccnc1-c1ccccc1)C1(c2ccc(F)cc2)CCOCC1. The van der Waals surface area contributed by atoms with Gasteiger partial charge in [-0.3, -0.25) is 4.79 Å². The van der Waals surface area contributed by atoms with Crippen molar-refractivity contribution in [3.63, 3.8) is 0 Å². The summed E-state index contributed by atoms with van der Waals surface area (Å²) in [6.07, 6.45) is 5.75. The molecule has 1 aliphatic heterocycles. The van der Waals surface area contributed by atoms with Crippen molar-refractivity contribution in [2.75, 3.05) is 19.8 Å². The Hall–Kier alpha value is -2.99. The molecule has 156 valence electrons. The van der Waals surface area contributed by atoms with Crippen molar-refractivity contribution in [3.8, 4) is 11.4 Å². The Bertz CT molecular complexity index is 964. The number of nitrogens with zero attached hydrogens (tertiary/aromatic N) is 2. The molecular formula is C24H26FN3O2. The van der Waals surface area contributed by atoms with Crippen LogP contribution in [0, 0.1) is 5.82 Å². The van der Waals surface area contributed by atoms with Gasteiger partial charge in [0.15, 0.2) is 0 Å². The number of rotatable bonds is 7. The predicted octanol–water partition coefficient (Wildman–Crippen LogP) is 3.94. The normalized spacial score (nSPS) is 15.6. The van der Waals surface area contributed by atoms with Gasteiger partial charge >= 0.3 is 0 Å². The van der Waals surface area contributed by atoms with Gasteiger partial charge in [0, 0.05) is 44.3 Å². The molecule has 5 nitrogen and oxygen atoms in total. The van der Waals surface area contributed by atoms with Crippen molar-refractivity contribution in [2.45, 2.75) is 31.2 Å². The second kappa shape index (κ2) is 9.22. The van der Waals surface area contributed by atoms with Crippen LogP contribution in [0.4, 0.5) is 4.39 Å². The molecule has 0 bridgehead atoms. The van der Waals surface area contributed by atoms with Gasteiger partial charge in [-0.25, -0.2) is 9.37 Å². The number of aryl methyl sites for hydroxylation is 1. The minimum absolute atomic E-state index is 0.00804. The number of hydrogen-bond acceptors (Lipinski definition) is 3. The zero-order valence-electron chi connectivity index (χ0n) is 16.9. The number of amides is 1. The van der Waals surface area contributed by atoms with Crippen LogP contribution in [0.1, 0.15) is 24.8 Å². The molecule has 0 saturated carbocycles. The maximum absolute atomic E-state index is 13.4. The number of aromatic nitrogens is 2. The molecule has 0 atom stereocenters. The summed E-state index contributed by atoms with van der Waals surface area (Å²) in [6, 6.07) is 16.3. The summed E-state index contributed by atoms with van der Waals surface area (Å²) in [7, 11) is 0. The van der Waals surface area contributed by atoms with Crippen molar-refractivity contribution in [1.82, 2.24) is 14.9 Å². The van der Waals surface area contributed by atoms with E-state index in [4.69, 9.17) is 4.74 Å². The van der Waals surface area contributed by atoms with Crippen molar-refractivity contribution in [3.05, 3.63) is 78.4 Å². The van der Waals surface area contributed by atoms with Crippen molar-refractivity contribution in [1.29, 1.82) is 0 Å². The van der Waals surface area contributed by atoms with Gasteiger partial charge in [0.2, 0.25) is 5.91 Å². The van der Waals surface area contributed by atoms with Crippen molar-refractivity contribution < 1.29 is 13.9 Å². The highest BCUT2D eigenvalue weighted by Gasteiger charge is 2.41. The van der Waals surface area contributed by atoms with E-state index >= 15 is 0 Å². The molecule has 1 N–H and O–H groups in total. The monoisotopic (exact) mass is 407 g/mol. The standard InChI is InChI=1S/C24H26FN3O2/c25-21-9-7-20(8-10-21)24(11-17-30-18-12-24)23(29)27-13-4-15-28-16-14-26-22(28)19-5-2-1-3-6-19/h1-3,5-10,14,16H,4,11-13,15,17-18H2,(H,27,29). The average molecular weight is 407 g/mol. The lowest BCUT2D eigenvalue weighted by Gasteiger charge is -2.36. The van der Waals surface area contributed by atoms with E-state index in [1.54, 1.807) is 18.3 Å². The van der Waals surface area contributed by atoms with E-state index in [-0.39, 0.29) is 11.7 Å². The highest BCUT2D eigenvalue weighted by molar-refractivity contribution is 5.88. The number of nitrogens with one attached hydrogen (secondary N) is 1. The van der Waals surface area contributed by atoms with Crippen LogP contribution in [0.25, 0.3) is 11.4 Å². The van der Waals surface area contributed by atoms with Crippen LogP contribution in [-0.4, -0.2) is 35.2 Å². The number of benzene rings is 2. The number of carbonyl (C=O) groups excluding carboxylic acids is 1. The fourth-order valence-corrected chi connectivity index (χ4v) is 4.09. The molecule has 1 fully saturated rings. The summed E-state index contributed by atoms with van der Waals surface area (Å²) >= 11 is 0. The van der Waals surface area contributed by atoms with Gasteiger partial charge in [-0.2, -0.15) is 0 Å². The smallest absolute Gasteiger partial charge is 0.230 e. The van der Waals surface area contributed by atoms with E-state index in [2.05, 4.69) is 14.9 Å². The lowest BCUT2D eigenvalue weighted by Crippen LogP contribution is -2.48. The third kappa shape index (κ3) is 4.28. The molecule has 6 heteroatoms. The highest BCUT2D eigenvalue weighted by atomic mass is 19.1. The molecule has 0 radical (unpaired) electrons. The third-order valence-electron chi connectivity index (χ3n) is 5.79. The third-order valence-corrected chi connectivity index (χ3v) is 5.79. The van der Waals surface area contributed by atoms with Crippen LogP contribution in [0.2, 0.25) is 0 Å². The molecule has 0 spiro atoms. The van der Waals surface area contributed by atoms with Gasteiger partial charge in [0.1, 0.15) is 11.6 Å². The van der Waals surface area contributed by atoms with E-state index in [9.17, 15) is 9.18 Å². The molecule has 2 aromatic carbocycles. The average Bonchev–Trinajstić information content (AvgIpc) is 3.26. The Labute approximate surface area is 175 Å². The molecule has 4 rings (SSSR count). The lowest BCUT2D eigenvalue weighted by molar-refractivity contribution is -0.130. The van der Waals surface area contributed by atoms with Gasteiger partial charge < -0.3 is 14.6 Å². The van der Waals surface area contributed by atoms with Crippen molar-refractivity contribution >= 4 is 5.91 Å². The zero-order valence-corrected chi connectivity index (χ0v) is 16.9. The Morgan fingerprint density at radius 1 is 1.10 bits per heavy atom. The number of imidazole rings is 1. The Morgan fingerprint density at radius 2 is 1.83 bits per heavy atom. The molecular weight excluding hydrogens is 381 g/mol. The molecule has 1 aromatic heterocycles. The molecule has 0 unspecified atom stereocenters. The van der Waals surface area contributed by atoms with Crippen LogP contribution < -0.4 is 5.32 Å². The van der Waals surface area contributed by atoms with Crippen LogP contribution in [-0.2, 0) is 21.5 Å². The van der Waals surface area contributed by atoms with Crippen LogP contribution in [0.3, 0.4) is 0 Å². The van der Waals surface area contributed by atoms with Crippen LogP contribution in [0.15, 0.2) is 67.0 Å². The fraction of sp³-hybridized carbons (Fsp3) is 0.333. The molecule has 1 saturated heterocycles. The minimum Gasteiger partial charge on any atom is -0.381 e. The topological polar surface area (TPSA) is 56.2 Å². The summed E-state index contributed by atoms with van der Waals surface area (Å²) in [6.45, 7) is 2.38. The molecule has 0 aliphatic carbocycles. The summed E-state index contributed by atoms with van der Waals surface area (Å²) in [5.74, 6) is 0.622. The first-order chi connectivity index (χ1) is 14.7. The largest absolute Gasteiger partial charge is 0.381 e. The zero-order chi connectivity index (χ0) is 20.8. The van der Waals surface area contributed by atoms with Gasteiger partial charge in [-0.15, -0.1) is 0 Å². The lowest BCUT2D eigenvalue weighted by atomic mass is 9.73. The first-order valence-electron chi connectivity index (χ1n) is 10.4. The second-order valence-corrected chi connectivity index (χ2v) is 7.62. The van der Waals surface area contributed by atoms with E-state index in [1.165, 1.54) is 12.1 Å². The van der Waals surface area contributed by atoms with E-state index < -0.39 is 5.41 Å². The van der Waals surface area contributed by atoms with Crippen LogP contribution in [0.5, 0.6) is 0 Å². The maximum Gasteiger partial charge on any atom is 0.230 e. The summed E-state index contributed by atoms with van der Waals surface area (Å²) in [5.41, 5.74) is 1.27. The highest BCUT2D eigenvalue weighted by Crippen LogP contribution is 2.35. The van der Waals surface area contributed by atoms with E-state index in [0.717, 1.165) is 29.9 Å². The second-order valence-electron chi connectivity index (χ2n) is 7.62. The number of hydrogen-bond donors (Lipinski definition) is 1. The fourth-order valence-electron chi connectivity index (χ4n) is 4.09. The van der Waals surface area contributed by atoms with Gasteiger partial charge in [-0.05, 0) is 37.0 Å².